The molecule has 0 saturated carbocycles. The molecule has 0 spiro atoms. The van der Waals surface area contributed by atoms with Crippen molar-refractivity contribution in [1.82, 2.24) is 4.72 Å². The van der Waals surface area contributed by atoms with Crippen molar-refractivity contribution in [3.63, 3.8) is 0 Å². The Balaban J connectivity index is 2.97. The minimum Gasteiger partial charge on any atom is -0.493 e. The summed E-state index contributed by atoms with van der Waals surface area (Å²) in [5, 5.41) is 0. The Morgan fingerprint density at radius 2 is 1.89 bits per heavy atom. The summed E-state index contributed by atoms with van der Waals surface area (Å²) in [6.07, 6.45) is 0. The second-order valence-electron chi connectivity index (χ2n) is 3.68. The summed E-state index contributed by atoms with van der Waals surface area (Å²) in [4.78, 5) is 0. The van der Waals surface area contributed by atoms with E-state index >= 15 is 0 Å². The van der Waals surface area contributed by atoms with Gasteiger partial charge in [-0.05, 0) is 24.6 Å². The molecule has 1 rings (SSSR count). The zero-order valence-corrected chi connectivity index (χ0v) is 12.8. The van der Waals surface area contributed by atoms with Gasteiger partial charge >= 0.3 is 0 Å². The van der Waals surface area contributed by atoms with E-state index in [0.29, 0.717) is 11.5 Å². The lowest BCUT2D eigenvalue weighted by atomic mass is 10.1. The van der Waals surface area contributed by atoms with Crippen LogP contribution in [0.5, 0.6) is 11.5 Å². The molecular weight excluding hydrogens is 322 g/mol. The smallest absolute Gasteiger partial charge is 0.222 e. The second-order valence-corrected chi connectivity index (χ2v) is 6.73. The molecule has 0 aliphatic heterocycles. The first-order chi connectivity index (χ1) is 8.43. The normalized spacial score (nSPS) is 13.1. The van der Waals surface area contributed by atoms with Crippen LogP contribution in [0.1, 0.15) is 18.5 Å². The van der Waals surface area contributed by atoms with Gasteiger partial charge in [-0.25, -0.2) is 13.1 Å². The molecule has 7 heteroatoms. The fraction of sp³-hybridized carbons (Fsp3) is 0.455. The maximum atomic E-state index is 11.4. The van der Waals surface area contributed by atoms with E-state index in [-0.39, 0.29) is 10.7 Å². The maximum Gasteiger partial charge on any atom is 0.222 e. The summed E-state index contributed by atoms with van der Waals surface area (Å²) in [6, 6.07) is 4.95. The Labute approximate surface area is 116 Å². The summed E-state index contributed by atoms with van der Waals surface area (Å²) >= 11 is 2.93. The van der Waals surface area contributed by atoms with Gasteiger partial charge in [0.2, 0.25) is 10.0 Å². The van der Waals surface area contributed by atoms with Crippen molar-refractivity contribution in [1.29, 1.82) is 0 Å². The van der Waals surface area contributed by atoms with E-state index < -0.39 is 10.0 Å². The van der Waals surface area contributed by atoms with E-state index in [1.807, 2.05) is 0 Å². The van der Waals surface area contributed by atoms with Crippen molar-refractivity contribution < 1.29 is 17.9 Å². The first-order valence-electron chi connectivity index (χ1n) is 5.21. The van der Waals surface area contributed by atoms with Crippen LogP contribution in [-0.2, 0) is 10.0 Å². The molecule has 0 amide bonds. The van der Waals surface area contributed by atoms with Crippen LogP contribution < -0.4 is 14.2 Å². The first-order valence-corrected chi connectivity index (χ1v) is 7.98. The van der Waals surface area contributed by atoms with Gasteiger partial charge in [0.15, 0.2) is 11.5 Å². The van der Waals surface area contributed by atoms with E-state index in [1.165, 1.54) is 7.11 Å². The van der Waals surface area contributed by atoms with Crippen LogP contribution in [0.15, 0.2) is 18.2 Å². The van der Waals surface area contributed by atoms with Crippen LogP contribution >= 0.6 is 15.9 Å². The lowest BCUT2D eigenvalue weighted by molar-refractivity contribution is 0.354. The number of benzene rings is 1. The minimum absolute atomic E-state index is 0.127. The quantitative estimate of drug-likeness (QED) is 0.806. The number of hydrogen-bond acceptors (Lipinski definition) is 4. The summed E-state index contributed by atoms with van der Waals surface area (Å²) in [6.45, 7) is 1.77. The third-order valence-electron chi connectivity index (χ3n) is 2.41. The van der Waals surface area contributed by atoms with Crippen molar-refractivity contribution in [3.05, 3.63) is 23.8 Å². The number of halogens is 1. The van der Waals surface area contributed by atoms with E-state index in [4.69, 9.17) is 9.47 Å². The molecule has 1 unspecified atom stereocenters. The van der Waals surface area contributed by atoms with Crippen molar-refractivity contribution >= 4 is 26.0 Å². The van der Waals surface area contributed by atoms with Gasteiger partial charge < -0.3 is 9.47 Å². The van der Waals surface area contributed by atoms with E-state index in [0.717, 1.165) is 5.56 Å². The fourth-order valence-electron chi connectivity index (χ4n) is 1.49. The molecule has 1 aromatic carbocycles. The van der Waals surface area contributed by atoms with Gasteiger partial charge in [-0.15, -0.1) is 0 Å². The molecule has 0 aliphatic rings. The zero-order chi connectivity index (χ0) is 13.8. The van der Waals surface area contributed by atoms with Crippen LogP contribution in [0, 0.1) is 0 Å². The number of nitrogens with one attached hydrogen (secondary N) is 1. The molecular formula is C11H16BrNO4S. The molecule has 0 aliphatic carbocycles. The summed E-state index contributed by atoms with van der Waals surface area (Å²) in [5.41, 5.74) is 0.803. The molecule has 0 fully saturated rings. The number of hydrogen-bond donors (Lipinski definition) is 1. The molecule has 5 nitrogen and oxygen atoms in total. The van der Waals surface area contributed by atoms with Gasteiger partial charge in [-0.2, -0.15) is 0 Å². The lowest BCUT2D eigenvalue weighted by Gasteiger charge is -2.15. The second kappa shape index (κ2) is 6.40. The SMILES string of the molecule is COc1ccc(C(C)NS(=O)(=O)CBr)cc1OC. The molecule has 0 saturated heterocycles. The Kier molecular flexibility index (Phi) is 5.43. The van der Waals surface area contributed by atoms with Crippen LogP contribution in [0.2, 0.25) is 0 Å². The fourth-order valence-corrected chi connectivity index (χ4v) is 2.63. The van der Waals surface area contributed by atoms with Crippen molar-refractivity contribution in [2.45, 2.75) is 13.0 Å². The number of methoxy groups -OCH3 is 2. The molecule has 18 heavy (non-hydrogen) atoms. The van der Waals surface area contributed by atoms with Gasteiger partial charge in [0, 0.05) is 6.04 Å². The highest BCUT2D eigenvalue weighted by molar-refractivity contribution is 9.10. The monoisotopic (exact) mass is 337 g/mol. The molecule has 0 radical (unpaired) electrons. The van der Waals surface area contributed by atoms with Crippen molar-refractivity contribution in [3.8, 4) is 11.5 Å². The summed E-state index contributed by atoms with van der Waals surface area (Å²) < 4.78 is 35.6. The lowest BCUT2D eigenvalue weighted by Crippen LogP contribution is -2.27. The molecule has 1 N–H and O–H groups in total. The largest absolute Gasteiger partial charge is 0.493 e. The average molecular weight is 338 g/mol. The topological polar surface area (TPSA) is 64.6 Å². The molecule has 1 aromatic rings. The highest BCUT2D eigenvalue weighted by atomic mass is 79.9. The standard InChI is InChI=1S/C11H16BrNO4S/c1-8(13-18(14,15)7-12)9-4-5-10(16-2)11(6-9)17-3/h4-6,8,13H,7H2,1-3H3. The maximum absolute atomic E-state index is 11.4. The number of ether oxygens (including phenoxy) is 2. The van der Waals surface area contributed by atoms with Gasteiger partial charge in [0.25, 0.3) is 0 Å². The number of rotatable bonds is 6. The van der Waals surface area contributed by atoms with E-state index in [2.05, 4.69) is 20.7 Å². The predicted octanol–water partition coefficient (Wildman–Crippen LogP) is 2.04. The molecule has 0 bridgehead atoms. The Bertz CT molecular complexity index is 504. The molecule has 1 atom stereocenters. The van der Waals surface area contributed by atoms with E-state index in [9.17, 15) is 8.42 Å². The third kappa shape index (κ3) is 3.86. The third-order valence-corrected chi connectivity index (χ3v) is 5.22. The average Bonchev–Trinajstić information content (AvgIpc) is 2.37. The summed E-state index contributed by atoms with van der Waals surface area (Å²) in [5.74, 6) is 1.18. The first kappa shape index (κ1) is 15.3. The molecule has 0 aromatic heterocycles. The highest BCUT2D eigenvalue weighted by Crippen LogP contribution is 2.30. The zero-order valence-electron chi connectivity index (χ0n) is 10.4. The van der Waals surface area contributed by atoms with Crippen LogP contribution in [-0.4, -0.2) is 27.3 Å². The Morgan fingerprint density at radius 3 is 2.39 bits per heavy atom. The predicted molar refractivity (Wildman–Crippen MR) is 73.8 cm³/mol. The van der Waals surface area contributed by atoms with Crippen LogP contribution in [0.25, 0.3) is 0 Å². The van der Waals surface area contributed by atoms with E-state index in [1.54, 1.807) is 32.2 Å². The summed E-state index contributed by atoms with van der Waals surface area (Å²) in [7, 11) is -0.221. The molecule has 102 valence electrons. The molecule has 0 heterocycles. The Morgan fingerprint density at radius 1 is 1.28 bits per heavy atom. The Hall–Kier alpha value is -0.790. The van der Waals surface area contributed by atoms with Crippen molar-refractivity contribution in [2.24, 2.45) is 0 Å². The van der Waals surface area contributed by atoms with Crippen LogP contribution in [0.4, 0.5) is 0 Å². The van der Waals surface area contributed by atoms with Gasteiger partial charge in [-0.3, -0.25) is 0 Å². The van der Waals surface area contributed by atoms with Gasteiger partial charge in [0.05, 0.1) is 14.2 Å². The number of alkyl halides is 1. The highest BCUT2D eigenvalue weighted by Gasteiger charge is 2.16. The number of sulfonamides is 1. The van der Waals surface area contributed by atoms with Gasteiger partial charge in [0.1, 0.15) is 4.66 Å². The minimum atomic E-state index is -3.31. The van der Waals surface area contributed by atoms with Crippen LogP contribution in [0.3, 0.4) is 0 Å². The van der Waals surface area contributed by atoms with Crippen molar-refractivity contribution in [2.75, 3.05) is 18.9 Å². The van der Waals surface area contributed by atoms with Gasteiger partial charge in [-0.1, -0.05) is 22.0 Å².